The number of benzene rings is 3. The first-order chi connectivity index (χ1) is 15.5. The number of nitrogens with one attached hydrogen (secondary N) is 3. The molecule has 1 atom stereocenters. The number of esters is 1. The van der Waals surface area contributed by atoms with E-state index in [1.807, 2.05) is 30.3 Å². The highest BCUT2D eigenvalue weighted by atomic mass is 16.5. The highest BCUT2D eigenvalue weighted by Gasteiger charge is 2.21. The van der Waals surface area contributed by atoms with Gasteiger partial charge in [0.1, 0.15) is 12.4 Å². The zero-order chi connectivity index (χ0) is 22.5. The van der Waals surface area contributed by atoms with Crippen molar-refractivity contribution in [2.75, 3.05) is 5.32 Å². The largest absolute Gasteiger partial charge is 0.489 e. The lowest BCUT2D eigenvalue weighted by Gasteiger charge is -2.15. The van der Waals surface area contributed by atoms with Gasteiger partial charge in [-0.3, -0.25) is 4.79 Å². The monoisotopic (exact) mass is 431 g/mol. The molecule has 0 aliphatic heterocycles. The number of anilines is 1. The van der Waals surface area contributed by atoms with Crippen molar-refractivity contribution in [1.29, 1.82) is 0 Å². The summed E-state index contributed by atoms with van der Waals surface area (Å²) in [6, 6.07) is 21.1. The number of para-hydroxylation sites is 1. The van der Waals surface area contributed by atoms with E-state index in [1.165, 1.54) is 6.92 Å². The Hall–Kier alpha value is -4.33. The minimum absolute atomic E-state index is 0.185. The molecule has 0 aliphatic rings. The SMILES string of the molecule is CC(OC(=O)c1ccccc1COc1ccccc1)C(=O)Nc1ccc2[nH]c(=O)[nH]c2c1. The van der Waals surface area contributed by atoms with Crippen molar-refractivity contribution in [2.45, 2.75) is 19.6 Å². The lowest BCUT2D eigenvalue weighted by Crippen LogP contribution is -2.30. The molecular formula is C24H21N3O5. The minimum Gasteiger partial charge on any atom is -0.489 e. The van der Waals surface area contributed by atoms with Gasteiger partial charge in [-0.25, -0.2) is 9.59 Å². The van der Waals surface area contributed by atoms with Crippen LogP contribution in [0.15, 0.2) is 77.6 Å². The highest BCUT2D eigenvalue weighted by molar-refractivity contribution is 5.98. The Bertz CT molecular complexity index is 1310. The number of imidazole rings is 1. The lowest BCUT2D eigenvalue weighted by molar-refractivity contribution is -0.123. The zero-order valence-corrected chi connectivity index (χ0v) is 17.3. The molecule has 8 heteroatoms. The first kappa shape index (κ1) is 20.9. The van der Waals surface area contributed by atoms with E-state index in [0.717, 1.165) is 0 Å². The second kappa shape index (κ2) is 9.22. The number of carbonyl (C=O) groups is 2. The standard InChI is InChI=1S/C24H21N3O5/c1-15(22(28)25-17-11-12-20-21(13-17)27-24(30)26-20)32-23(29)19-10-6-5-7-16(19)14-31-18-8-3-2-4-9-18/h2-13,15H,14H2,1H3,(H,25,28)(H2,26,27,30). The summed E-state index contributed by atoms with van der Waals surface area (Å²) >= 11 is 0. The van der Waals surface area contributed by atoms with E-state index in [2.05, 4.69) is 15.3 Å². The fourth-order valence-electron chi connectivity index (χ4n) is 3.15. The minimum atomic E-state index is -1.04. The van der Waals surface area contributed by atoms with Crippen LogP contribution >= 0.6 is 0 Å². The molecule has 0 saturated carbocycles. The average Bonchev–Trinajstić information content (AvgIpc) is 3.17. The van der Waals surface area contributed by atoms with Gasteiger partial charge in [-0.15, -0.1) is 0 Å². The highest BCUT2D eigenvalue weighted by Crippen LogP contribution is 2.18. The number of aromatic amines is 2. The topological polar surface area (TPSA) is 113 Å². The van der Waals surface area contributed by atoms with E-state index in [4.69, 9.17) is 9.47 Å². The average molecular weight is 431 g/mol. The van der Waals surface area contributed by atoms with Crippen LogP contribution in [0.25, 0.3) is 11.0 Å². The van der Waals surface area contributed by atoms with Crippen LogP contribution in [0.1, 0.15) is 22.8 Å². The molecule has 0 fully saturated rings. The third-order valence-corrected chi connectivity index (χ3v) is 4.81. The van der Waals surface area contributed by atoms with Crippen molar-refractivity contribution < 1.29 is 19.1 Å². The smallest absolute Gasteiger partial charge is 0.339 e. The fourth-order valence-corrected chi connectivity index (χ4v) is 3.15. The van der Waals surface area contributed by atoms with Crippen molar-refractivity contribution in [3.8, 4) is 5.75 Å². The predicted molar refractivity (Wildman–Crippen MR) is 120 cm³/mol. The number of rotatable bonds is 7. The van der Waals surface area contributed by atoms with Gasteiger partial charge in [-0.2, -0.15) is 0 Å². The molecule has 0 aliphatic carbocycles. The molecule has 3 aromatic carbocycles. The number of fused-ring (bicyclic) bond motifs is 1. The van der Waals surface area contributed by atoms with Crippen LogP contribution in [0.5, 0.6) is 5.75 Å². The number of H-pyrrole nitrogens is 2. The first-order valence-corrected chi connectivity index (χ1v) is 9.99. The molecule has 1 unspecified atom stereocenters. The molecule has 162 valence electrons. The van der Waals surface area contributed by atoms with E-state index in [1.54, 1.807) is 42.5 Å². The van der Waals surface area contributed by atoms with Crippen LogP contribution in [-0.2, 0) is 16.1 Å². The normalized spacial score (nSPS) is 11.7. The molecule has 1 amide bonds. The second-order valence-electron chi connectivity index (χ2n) is 7.14. The molecule has 0 spiro atoms. The van der Waals surface area contributed by atoms with Crippen molar-refractivity contribution >= 4 is 28.6 Å². The van der Waals surface area contributed by atoms with E-state index < -0.39 is 18.0 Å². The maximum atomic E-state index is 12.7. The summed E-state index contributed by atoms with van der Waals surface area (Å²) in [6.07, 6.45) is -1.04. The van der Waals surface area contributed by atoms with Gasteiger partial charge >= 0.3 is 11.7 Å². The summed E-state index contributed by atoms with van der Waals surface area (Å²) in [7, 11) is 0. The summed E-state index contributed by atoms with van der Waals surface area (Å²) < 4.78 is 11.1. The Morgan fingerprint density at radius 1 is 0.938 bits per heavy atom. The van der Waals surface area contributed by atoms with E-state index in [9.17, 15) is 14.4 Å². The van der Waals surface area contributed by atoms with Gasteiger partial charge in [0.2, 0.25) is 0 Å². The van der Waals surface area contributed by atoms with Crippen LogP contribution in [0.3, 0.4) is 0 Å². The molecule has 0 bridgehead atoms. The van der Waals surface area contributed by atoms with Crippen molar-refractivity contribution in [2.24, 2.45) is 0 Å². The Labute approximate surface area is 183 Å². The van der Waals surface area contributed by atoms with Crippen LogP contribution in [0.4, 0.5) is 5.69 Å². The number of amides is 1. The molecule has 4 aromatic rings. The second-order valence-corrected chi connectivity index (χ2v) is 7.14. The molecule has 32 heavy (non-hydrogen) atoms. The summed E-state index contributed by atoms with van der Waals surface area (Å²) in [4.78, 5) is 41.9. The van der Waals surface area contributed by atoms with Gasteiger partial charge in [0, 0.05) is 11.3 Å². The molecule has 3 N–H and O–H groups in total. The Morgan fingerprint density at radius 2 is 1.66 bits per heavy atom. The van der Waals surface area contributed by atoms with Crippen LogP contribution in [0, 0.1) is 0 Å². The van der Waals surface area contributed by atoms with E-state index >= 15 is 0 Å². The Kier molecular flexibility index (Phi) is 6.03. The molecular weight excluding hydrogens is 410 g/mol. The van der Waals surface area contributed by atoms with Crippen LogP contribution < -0.4 is 15.7 Å². The van der Waals surface area contributed by atoms with Crippen molar-refractivity contribution in [3.63, 3.8) is 0 Å². The molecule has 1 heterocycles. The Morgan fingerprint density at radius 3 is 2.47 bits per heavy atom. The first-order valence-electron chi connectivity index (χ1n) is 9.99. The zero-order valence-electron chi connectivity index (χ0n) is 17.3. The summed E-state index contributed by atoms with van der Waals surface area (Å²) in [6.45, 7) is 1.68. The summed E-state index contributed by atoms with van der Waals surface area (Å²) in [5.41, 5.74) is 2.30. The fraction of sp³-hybridized carbons (Fsp3) is 0.125. The van der Waals surface area contributed by atoms with Gasteiger partial charge in [-0.05, 0) is 43.3 Å². The molecule has 1 aromatic heterocycles. The number of ether oxygens (including phenoxy) is 2. The van der Waals surface area contributed by atoms with Crippen LogP contribution in [0.2, 0.25) is 0 Å². The van der Waals surface area contributed by atoms with Crippen LogP contribution in [-0.4, -0.2) is 27.9 Å². The van der Waals surface area contributed by atoms with Gasteiger partial charge < -0.3 is 24.8 Å². The third-order valence-electron chi connectivity index (χ3n) is 4.81. The quantitative estimate of drug-likeness (QED) is 0.387. The Balaban J connectivity index is 1.40. The van der Waals surface area contributed by atoms with Gasteiger partial charge in [0.05, 0.1) is 16.6 Å². The van der Waals surface area contributed by atoms with E-state index in [0.29, 0.717) is 33.6 Å². The summed E-state index contributed by atoms with van der Waals surface area (Å²) in [5, 5.41) is 2.68. The predicted octanol–water partition coefficient (Wildman–Crippen LogP) is 3.62. The van der Waals surface area contributed by atoms with Gasteiger partial charge in [0.15, 0.2) is 6.10 Å². The van der Waals surface area contributed by atoms with Crippen molar-refractivity contribution in [1.82, 2.24) is 9.97 Å². The number of hydrogen-bond acceptors (Lipinski definition) is 5. The maximum Gasteiger partial charge on any atom is 0.339 e. The molecule has 4 rings (SSSR count). The van der Waals surface area contributed by atoms with E-state index in [-0.39, 0.29) is 12.3 Å². The number of carbonyl (C=O) groups excluding carboxylic acids is 2. The van der Waals surface area contributed by atoms with Gasteiger partial charge in [0.25, 0.3) is 5.91 Å². The summed E-state index contributed by atoms with van der Waals surface area (Å²) in [5.74, 6) is -0.428. The number of hydrogen-bond donors (Lipinski definition) is 3. The third kappa shape index (κ3) is 4.86. The lowest BCUT2D eigenvalue weighted by atomic mass is 10.1. The number of aromatic nitrogens is 2. The maximum absolute atomic E-state index is 12.7. The van der Waals surface area contributed by atoms with Gasteiger partial charge in [-0.1, -0.05) is 36.4 Å². The molecule has 8 nitrogen and oxygen atoms in total. The molecule has 0 radical (unpaired) electrons. The molecule has 0 saturated heterocycles. The van der Waals surface area contributed by atoms with Crippen molar-refractivity contribution in [3.05, 3.63) is 94.4 Å².